The molecule has 21 heavy (non-hydrogen) atoms. The molecule has 2 aliphatic rings. The summed E-state index contributed by atoms with van der Waals surface area (Å²) in [6.45, 7) is 13.5. The van der Waals surface area contributed by atoms with Crippen LogP contribution in [0.4, 0.5) is 0 Å². The highest BCUT2D eigenvalue weighted by molar-refractivity contribution is 5.10. The first-order chi connectivity index (χ1) is 9.95. The first-order valence-electron chi connectivity index (χ1n) is 8.92. The highest BCUT2D eigenvalue weighted by Crippen LogP contribution is 2.41. The zero-order valence-corrected chi connectivity index (χ0v) is 14.5. The van der Waals surface area contributed by atoms with Gasteiger partial charge in [-0.25, -0.2) is 0 Å². The van der Waals surface area contributed by atoms with Gasteiger partial charge in [0, 0.05) is 5.92 Å². The quantitative estimate of drug-likeness (QED) is 0.572. The number of ether oxygens (including phenoxy) is 1. The molecule has 1 heteroatoms. The minimum atomic E-state index is 0.422. The molecule has 2 fully saturated rings. The Kier molecular flexibility index (Phi) is 6.10. The lowest BCUT2D eigenvalue weighted by Gasteiger charge is -2.43. The van der Waals surface area contributed by atoms with Crippen LogP contribution in [-0.4, -0.2) is 12.2 Å². The van der Waals surface area contributed by atoms with Gasteiger partial charge in [-0.3, -0.25) is 0 Å². The third-order valence-electron chi connectivity index (χ3n) is 5.31. The monoisotopic (exact) mass is 290 g/mol. The number of hydrogen-bond donors (Lipinski definition) is 0. The normalized spacial score (nSPS) is 34.2. The van der Waals surface area contributed by atoms with Crippen LogP contribution in [0.2, 0.25) is 0 Å². The largest absolute Gasteiger partial charge is 0.374 e. The Bertz CT molecular complexity index is 377. The van der Waals surface area contributed by atoms with Crippen molar-refractivity contribution in [3.05, 3.63) is 23.8 Å². The van der Waals surface area contributed by atoms with E-state index in [1.807, 2.05) is 0 Å². The average molecular weight is 290 g/mol. The van der Waals surface area contributed by atoms with E-state index in [-0.39, 0.29) is 0 Å². The maximum atomic E-state index is 6.45. The van der Waals surface area contributed by atoms with Gasteiger partial charge in [-0.05, 0) is 70.6 Å². The van der Waals surface area contributed by atoms with Crippen LogP contribution in [0, 0.1) is 17.8 Å². The van der Waals surface area contributed by atoms with Gasteiger partial charge in [0.05, 0.1) is 12.2 Å². The van der Waals surface area contributed by atoms with Crippen LogP contribution < -0.4 is 0 Å². The van der Waals surface area contributed by atoms with Crippen molar-refractivity contribution in [1.29, 1.82) is 0 Å². The van der Waals surface area contributed by atoms with E-state index in [9.17, 15) is 0 Å². The zero-order chi connectivity index (χ0) is 15.4. The molecule has 0 aromatic rings. The fourth-order valence-corrected chi connectivity index (χ4v) is 4.05. The number of rotatable bonds is 5. The van der Waals surface area contributed by atoms with Crippen molar-refractivity contribution in [2.75, 3.05) is 0 Å². The van der Waals surface area contributed by atoms with Crippen molar-refractivity contribution < 1.29 is 4.74 Å². The zero-order valence-electron chi connectivity index (χ0n) is 14.5. The average Bonchev–Trinajstić information content (AvgIpc) is 2.37. The molecule has 120 valence electrons. The van der Waals surface area contributed by atoms with Crippen molar-refractivity contribution in [3.63, 3.8) is 0 Å². The third-order valence-corrected chi connectivity index (χ3v) is 5.31. The van der Waals surface area contributed by atoms with E-state index >= 15 is 0 Å². The van der Waals surface area contributed by atoms with Gasteiger partial charge in [0.15, 0.2) is 0 Å². The van der Waals surface area contributed by atoms with E-state index in [4.69, 9.17) is 4.74 Å². The molecule has 0 aromatic carbocycles. The second-order valence-electron chi connectivity index (χ2n) is 7.88. The standard InChI is InChI=1S/C20H34O/c1-14(2)7-6-8-15(3)11-18-13-17(5)19-10-9-16(4)12-20(19)21-18/h7,15-16,18-20H,5-6,8-13H2,1-4H3/t15-,16-,18-,19-,20+/m1/s1. The van der Waals surface area contributed by atoms with Crippen molar-refractivity contribution in [2.24, 2.45) is 17.8 Å². The second-order valence-corrected chi connectivity index (χ2v) is 7.88. The van der Waals surface area contributed by atoms with Gasteiger partial charge in [-0.1, -0.05) is 37.6 Å². The summed E-state index contributed by atoms with van der Waals surface area (Å²) in [5.41, 5.74) is 2.91. The predicted octanol–water partition coefficient (Wildman–Crippen LogP) is 5.91. The van der Waals surface area contributed by atoms with Crippen LogP contribution in [0.3, 0.4) is 0 Å². The Morgan fingerprint density at radius 3 is 2.86 bits per heavy atom. The summed E-state index contributed by atoms with van der Waals surface area (Å²) in [6, 6.07) is 0. The Balaban J connectivity index is 1.81. The molecule has 1 aliphatic carbocycles. The molecule has 0 N–H and O–H groups in total. The second kappa shape index (κ2) is 7.63. The predicted molar refractivity (Wildman–Crippen MR) is 91.4 cm³/mol. The fraction of sp³-hybridized carbons (Fsp3) is 0.800. The van der Waals surface area contributed by atoms with Crippen LogP contribution in [0.5, 0.6) is 0 Å². The van der Waals surface area contributed by atoms with Gasteiger partial charge in [-0.15, -0.1) is 0 Å². The van der Waals surface area contributed by atoms with Crippen LogP contribution in [-0.2, 0) is 4.74 Å². The van der Waals surface area contributed by atoms with E-state index < -0.39 is 0 Å². The highest BCUT2D eigenvalue weighted by atomic mass is 16.5. The number of hydrogen-bond acceptors (Lipinski definition) is 1. The minimum Gasteiger partial charge on any atom is -0.374 e. The molecule has 1 nitrogen and oxygen atoms in total. The smallest absolute Gasteiger partial charge is 0.0646 e. The van der Waals surface area contributed by atoms with E-state index in [0.717, 1.165) is 18.3 Å². The molecule has 1 aliphatic heterocycles. The lowest BCUT2D eigenvalue weighted by Crippen LogP contribution is -2.40. The first kappa shape index (κ1) is 16.8. The number of fused-ring (bicyclic) bond motifs is 1. The van der Waals surface area contributed by atoms with Gasteiger partial charge in [0.25, 0.3) is 0 Å². The van der Waals surface area contributed by atoms with Crippen molar-refractivity contribution in [1.82, 2.24) is 0 Å². The Morgan fingerprint density at radius 2 is 2.14 bits per heavy atom. The third kappa shape index (κ3) is 4.98. The summed E-state index contributed by atoms with van der Waals surface area (Å²) in [4.78, 5) is 0. The molecular weight excluding hydrogens is 256 g/mol. The van der Waals surface area contributed by atoms with E-state index in [1.165, 1.54) is 49.7 Å². The summed E-state index contributed by atoms with van der Waals surface area (Å²) in [6.07, 6.45) is 11.9. The molecule has 0 bridgehead atoms. The molecule has 0 unspecified atom stereocenters. The molecule has 1 heterocycles. The molecule has 0 spiro atoms. The summed E-state index contributed by atoms with van der Waals surface area (Å²) in [5.74, 6) is 2.22. The van der Waals surface area contributed by atoms with Crippen LogP contribution in [0.1, 0.15) is 72.6 Å². The van der Waals surface area contributed by atoms with Gasteiger partial charge in [0.2, 0.25) is 0 Å². The Morgan fingerprint density at radius 1 is 1.38 bits per heavy atom. The molecule has 0 amide bonds. The lowest BCUT2D eigenvalue weighted by atomic mass is 9.74. The lowest BCUT2D eigenvalue weighted by molar-refractivity contribution is -0.0906. The SMILES string of the molecule is C=C1C[C@@H](C[C@H](C)CCC=C(C)C)O[C@H]2C[C@H](C)CC[C@H]12. The molecule has 2 rings (SSSR count). The van der Waals surface area contributed by atoms with Crippen LogP contribution in [0.25, 0.3) is 0 Å². The Labute approximate surface area is 131 Å². The number of allylic oxidation sites excluding steroid dienone is 2. The summed E-state index contributed by atoms with van der Waals surface area (Å²) in [7, 11) is 0. The Hall–Kier alpha value is -0.560. The van der Waals surface area contributed by atoms with Crippen LogP contribution in [0.15, 0.2) is 23.8 Å². The summed E-state index contributed by atoms with van der Waals surface area (Å²) in [5, 5.41) is 0. The van der Waals surface area contributed by atoms with Gasteiger partial charge in [-0.2, -0.15) is 0 Å². The molecule has 5 atom stereocenters. The van der Waals surface area contributed by atoms with Crippen molar-refractivity contribution in [2.45, 2.75) is 84.8 Å². The first-order valence-corrected chi connectivity index (χ1v) is 8.92. The molecule has 1 saturated heterocycles. The molecule has 1 saturated carbocycles. The van der Waals surface area contributed by atoms with Gasteiger partial charge < -0.3 is 4.74 Å². The maximum Gasteiger partial charge on any atom is 0.0646 e. The molecule has 0 radical (unpaired) electrons. The molecule has 0 aromatic heterocycles. The fourth-order valence-electron chi connectivity index (χ4n) is 4.05. The maximum absolute atomic E-state index is 6.45. The van der Waals surface area contributed by atoms with Crippen LogP contribution >= 0.6 is 0 Å². The molecular formula is C20H34O. The van der Waals surface area contributed by atoms with E-state index in [0.29, 0.717) is 18.1 Å². The van der Waals surface area contributed by atoms with Gasteiger partial charge >= 0.3 is 0 Å². The highest BCUT2D eigenvalue weighted by Gasteiger charge is 2.37. The van der Waals surface area contributed by atoms with E-state index in [1.54, 1.807) is 0 Å². The summed E-state index contributed by atoms with van der Waals surface area (Å²) >= 11 is 0. The summed E-state index contributed by atoms with van der Waals surface area (Å²) < 4.78 is 6.45. The van der Waals surface area contributed by atoms with Crippen molar-refractivity contribution >= 4 is 0 Å². The topological polar surface area (TPSA) is 9.23 Å². The van der Waals surface area contributed by atoms with Gasteiger partial charge in [0.1, 0.15) is 0 Å². The van der Waals surface area contributed by atoms with Crippen molar-refractivity contribution in [3.8, 4) is 0 Å². The minimum absolute atomic E-state index is 0.422. The van der Waals surface area contributed by atoms with E-state index in [2.05, 4.69) is 40.3 Å².